The number of hydrogen-bond donors (Lipinski definition) is 1. The van der Waals surface area contributed by atoms with Crippen LogP contribution in [-0.4, -0.2) is 34.4 Å². The Balaban J connectivity index is 2.13. The zero-order valence-corrected chi connectivity index (χ0v) is 12.9. The van der Waals surface area contributed by atoms with Gasteiger partial charge in [-0.1, -0.05) is 13.0 Å². The van der Waals surface area contributed by atoms with Crippen LogP contribution in [0.4, 0.5) is 0 Å². The van der Waals surface area contributed by atoms with Crippen molar-refractivity contribution in [3.8, 4) is 17.2 Å². The van der Waals surface area contributed by atoms with Crippen LogP contribution in [-0.2, 0) is 0 Å². The van der Waals surface area contributed by atoms with E-state index in [2.05, 4.69) is 18.3 Å². The van der Waals surface area contributed by atoms with Crippen molar-refractivity contribution in [2.45, 2.75) is 25.7 Å². The van der Waals surface area contributed by atoms with Gasteiger partial charge in [0.25, 0.3) is 0 Å². The van der Waals surface area contributed by atoms with E-state index in [-0.39, 0.29) is 0 Å². The third-order valence-electron chi connectivity index (χ3n) is 3.89. The molecule has 0 heterocycles. The molecule has 112 valence electrons. The van der Waals surface area contributed by atoms with Crippen molar-refractivity contribution in [1.82, 2.24) is 5.32 Å². The van der Waals surface area contributed by atoms with Gasteiger partial charge in [-0.2, -0.15) is 0 Å². The highest BCUT2D eigenvalue weighted by Gasteiger charge is 2.40. The molecule has 1 aromatic carbocycles. The molecule has 2 atom stereocenters. The smallest absolute Gasteiger partial charge is 0.203 e. The Morgan fingerprint density at radius 2 is 1.85 bits per heavy atom. The van der Waals surface area contributed by atoms with Crippen LogP contribution < -0.4 is 19.5 Å². The molecule has 1 N–H and O–H groups in total. The molecule has 1 saturated carbocycles. The van der Waals surface area contributed by atoms with Crippen molar-refractivity contribution in [2.75, 3.05) is 34.4 Å². The molecule has 1 aromatic rings. The van der Waals surface area contributed by atoms with Gasteiger partial charge in [-0.3, -0.25) is 0 Å². The van der Waals surface area contributed by atoms with Crippen LogP contribution in [0.3, 0.4) is 0 Å². The van der Waals surface area contributed by atoms with E-state index in [1.165, 1.54) is 18.4 Å². The maximum atomic E-state index is 5.56. The first-order valence-corrected chi connectivity index (χ1v) is 7.26. The summed E-state index contributed by atoms with van der Waals surface area (Å²) in [6.07, 6.45) is 2.39. The summed E-state index contributed by atoms with van der Waals surface area (Å²) in [5.74, 6) is 3.49. The summed E-state index contributed by atoms with van der Waals surface area (Å²) in [6.45, 7) is 4.36. The van der Waals surface area contributed by atoms with Crippen molar-refractivity contribution in [1.29, 1.82) is 0 Å². The molecule has 0 saturated heterocycles. The maximum Gasteiger partial charge on any atom is 0.203 e. The first kappa shape index (κ1) is 15.0. The summed E-state index contributed by atoms with van der Waals surface area (Å²) in [4.78, 5) is 0. The minimum atomic E-state index is 0.564. The summed E-state index contributed by atoms with van der Waals surface area (Å²) in [6, 6.07) is 4.07. The molecule has 2 unspecified atom stereocenters. The van der Waals surface area contributed by atoms with Gasteiger partial charge < -0.3 is 19.5 Å². The van der Waals surface area contributed by atoms with Gasteiger partial charge >= 0.3 is 0 Å². The molecule has 2 rings (SSSR count). The zero-order valence-electron chi connectivity index (χ0n) is 12.9. The lowest BCUT2D eigenvalue weighted by molar-refractivity contribution is 0.322. The Labute approximate surface area is 121 Å². The van der Waals surface area contributed by atoms with Crippen LogP contribution in [0.5, 0.6) is 17.2 Å². The van der Waals surface area contributed by atoms with Crippen LogP contribution in [0.1, 0.15) is 31.2 Å². The van der Waals surface area contributed by atoms with E-state index >= 15 is 0 Å². The Bertz CT molecular complexity index is 448. The predicted molar refractivity (Wildman–Crippen MR) is 80.1 cm³/mol. The summed E-state index contributed by atoms with van der Waals surface area (Å²) in [7, 11) is 4.98. The van der Waals surface area contributed by atoms with Gasteiger partial charge in [0, 0.05) is 5.56 Å². The lowest BCUT2D eigenvalue weighted by Gasteiger charge is -2.15. The van der Waals surface area contributed by atoms with Gasteiger partial charge in [-0.25, -0.2) is 0 Å². The van der Waals surface area contributed by atoms with Crippen molar-refractivity contribution in [2.24, 2.45) is 5.92 Å². The average Bonchev–Trinajstić information content (AvgIpc) is 3.25. The van der Waals surface area contributed by atoms with Gasteiger partial charge in [0.1, 0.15) is 0 Å². The molecule has 20 heavy (non-hydrogen) atoms. The zero-order chi connectivity index (χ0) is 14.5. The van der Waals surface area contributed by atoms with Crippen molar-refractivity contribution < 1.29 is 14.2 Å². The van der Waals surface area contributed by atoms with Gasteiger partial charge in [0.05, 0.1) is 21.3 Å². The monoisotopic (exact) mass is 279 g/mol. The highest BCUT2D eigenvalue weighted by atomic mass is 16.5. The van der Waals surface area contributed by atoms with E-state index in [9.17, 15) is 0 Å². The molecular formula is C16H25NO3. The van der Waals surface area contributed by atoms with E-state index in [4.69, 9.17) is 14.2 Å². The van der Waals surface area contributed by atoms with Crippen molar-refractivity contribution in [3.05, 3.63) is 17.7 Å². The molecule has 1 fully saturated rings. The van der Waals surface area contributed by atoms with E-state index in [1.54, 1.807) is 21.3 Å². The SMILES string of the molecule is CCCNCC1CC1c1ccc(OC)c(OC)c1OC. The molecule has 0 radical (unpaired) electrons. The molecule has 4 heteroatoms. The second-order valence-electron chi connectivity index (χ2n) is 5.23. The van der Waals surface area contributed by atoms with E-state index < -0.39 is 0 Å². The van der Waals surface area contributed by atoms with Crippen molar-refractivity contribution >= 4 is 0 Å². The Hall–Kier alpha value is -1.42. The van der Waals surface area contributed by atoms with Crippen molar-refractivity contribution in [3.63, 3.8) is 0 Å². The quantitative estimate of drug-likeness (QED) is 0.743. The van der Waals surface area contributed by atoms with Gasteiger partial charge in [-0.05, 0) is 43.8 Å². The second-order valence-corrected chi connectivity index (χ2v) is 5.23. The average molecular weight is 279 g/mol. The fraction of sp³-hybridized carbons (Fsp3) is 0.625. The Morgan fingerprint density at radius 3 is 2.45 bits per heavy atom. The van der Waals surface area contributed by atoms with E-state index in [1.807, 2.05) is 6.07 Å². The van der Waals surface area contributed by atoms with Crippen LogP contribution in [0, 0.1) is 5.92 Å². The molecule has 1 aliphatic carbocycles. The highest BCUT2D eigenvalue weighted by Crippen LogP contribution is 2.53. The molecule has 0 amide bonds. The number of nitrogens with one attached hydrogen (secondary N) is 1. The number of rotatable bonds is 8. The van der Waals surface area contributed by atoms with E-state index in [0.29, 0.717) is 17.6 Å². The molecule has 0 aliphatic heterocycles. The van der Waals surface area contributed by atoms with Crippen LogP contribution in [0.25, 0.3) is 0 Å². The Morgan fingerprint density at radius 1 is 1.10 bits per heavy atom. The molecule has 0 bridgehead atoms. The molecule has 0 spiro atoms. The summed E-state index contributed by atoms with van der Waals surface area (Å²) < 4.78 is 16.3. The van der Waals surface area contributed by atoms with Gasteiger partial charge in [0.15, 0.2) is 11.5 Å². The maximum absolute atomic E-state index is 5.56. The van der Waals surface area contributed by atoms with Crippen LogP contribution >= 0.6 is 0 Å². The molecular weight excluding hydrogens is 254 g/mol. The first-order valence-electron chi connectivity index (χ1n) is 7.26. The third-order valence-corrected chi connectivity index (χ3v) is 3.89. The summed E-state index contributed by atoms with van der Waals surface area (Å²) in [5.41, 5.74) is 1.23. The van der Waals surface area contributed by atoms with Crippen LogP contribution in [0.2, 0.25) is 0 Å². The lowest BCUT2D eigenvalue weighted by atomic mass is 10.1. The first-order chi connectivity index (χ1) is 9.76. The van der Waals surface area contributed by atoms with E-state index in [0.717, 1.165) is 24.6 Å². The fourth-order valence-corrected chi connectivity index (χ4v) is 2.73. The molecule has 4 nitrogen and oxygen atoms in total. The largest absolute Gasteiger partial charge is 0.493 e. The standard InChI is InChI=1S/C16H25NO3/c1-5-8-17-10-11-9-13(11)12-6-7-14(18-2)16(20-4)15(12)19-3/h6-7,11,13,17H,5,8-10H2,1-4H3. The fourth-order valence-electron chi connectivity index (χ4n) is 2.73. The molecule has 0 aromatic heterocycles. The van der Waals surface area contributed by atoms with Gasteiger partial charge in [0.2, 0.25) is 5.75 Å². The molecule has 1 aliphatic rings. The number of ether oxygens (including phenoxy) is 3. The Kier molecular flexibility index (Phi) is 5.12. The lowest BCUT2D eigenvalue weighted by Crippen LogP contribution is -2.17. The summed E-state index contributed by atoms with van der Waals surface area (Å²) in [5, 5.41) is 3.49. The highest BCUT2D eigenvalue weighted by molar-refractivity contribution is 5.57. The third kappa shape index (κ3) is 3.01. The number of benzene rings is 1. The van der Waals surface area contributed by atoms with Crippen LogP contribution in [0.15, 0.2) is 12.1 Å². The minimum absolute atomic E-state index is 0.564. The minimum Gasteiger partial charge on any atom is -0.493 e. The summed E-state index contributed by atoms with van der Waals surface area (Å²) >= 11 is 0. The topological polar surface area (TPSA) is 39.7 Å². The normalized spacial score (nSPS) is 20.6. The second kappa shape index (κ2) is 6.84. The van der Waals surface area contributed by atoms with Gasteiger partial charge in [-0.15, -0.1) is 0 Å². The number of methoxy groups -OCH3 is 3. The number of hydrogen-bond acceptors (Lipinski definition) is 4. The predicted octanol–water partition coefficient (Wildman–Crippen LogP) is 2.82.